The Kier molecular flexibility index (Phi) is 7.35. The molecule has 0 radical (unpaired) electrons. The molecule has 9 heteroatoms. The van der Waals surface area contributed by atoms with Gasteiger partial charge in [-0.15, -0.1) is 0 Å². The zero-order chi connectivity index (χ0) is 23.1. The SMILES string of the molecule is NC(=O)NC(=S)c1ccc(OCCc2ccccc2NC(=O)c2ccccc2F)cc1O. The number of para-hydroxylation sites is 1. The molecule has 0 aromatic heterocycles. The van der Waals surface area contributed by atoms with Crippen molar-refractivity contribution in [2.75, 3.05) is 11.9 Å². The van der Waals surface area contributed by atoms with Crippen LogP contribution in [0.3, 0.4) is 0 Å². The minimum atomic E-state index is -0.824. The summed E-state index contributed by atoms with van der Waals surface area (Å²) in [6.45, 7) is 0.245. The van der Waals surface area contributed by atoms with Crippen molar-refractivity contribution in [2.45, 2.75) is 6.42 Å². The molecule has 164 valence electrons. The van der Waals surface area contributed by atoms with Gasteiger partial charge in [-0.1, -0.05) is 42.5 Å². The number of aromatic hydroxyl groups is 1. The van der Waals surface area contributed by atoms with Gasteiger partial charge in [0.2, 0.25) is 0 Å². The first-order valence-electron chi connectivity index (χ1n) is 9.55. The number of ether oxygens (including phenoxy) is 1. The summed E-state index contributed by atoms with van der Waals surface area (Å²) >= 11 is 5.00. The lowest BCUT2D eigenvalue weighted by Gasteiger charge is -2.13. The molecule has 32 heavy (non-hydrogen) atoms. The van der Waals surface area contributed by atoms with E-state index in [-0.39, 0.29) is 28.5 Å². The molecule has 0 saturated heterocycles. The van der Waals surface area contributed by atoms with E-state index in [0.29, 0.717) is 17.9 Å². The second-order valence-corrected chi connectivity index (χ2v) is 7.10. The Hall–Kier alpha value is -3.98. The van der Waals surface area contributed by atoms with Gasteiger partial charge in [0.05, 0.1) is 17.7 Å². The van der Waals surface area contributed by atoms with Crippen LogP contribution in [0.2, 0.25) is 0 Å². The first-order chi connectivity index (χ1) is 15.3. The summed E-state index contributed by atoms with van der Waals surface area (Å²) in [5.74, 6) is -0.920. The predicted molar refractivity (Wildman–Crippen MR) is 123 cm³/mol. The smallest absolute Gasteiger partial charge is 0.317 e. The molecule has 3 aromatic carbocycles. The van der Waals surface area contributed by atoms with Gasteiger partial charge in [0.25, 0.3) is 5.91 Å². The number of anilines is 1. The number of benzene rings is 3. The predicted octanol–water partition coefficient (Wildman–Crippen LogP) is 3.75. The number of carbonyl (C=O) groups excluding carboxylic acids is 2. The number of phenolic OH excluding ortho intramolecular Hbond substituents is 1. The molecule has 3 amide bonds. The van der Waals surface area contributed by atoms with Crippen LogP contribution in [-0.2, 0) is 6.42 Å². The van der Waals surface area contributed by atoms with Gasteiger partial charge in [0.1, 0.15) is 22.3 Å². The lowest BCUT2D eigenvalue weighted by Crippen LogP contribution is -2.34. The fourth-order valence-corrected chi connectivity index (χ4v) is 3.22. The summed E-state index contributed by atoms with van der Waals surface area (Å²) in [5.41, 5.74) is 6.57. The van der Waals surface area contributed by atoms with Gasteiger partial charge in [-0.2, -0.15) is 0 Å². The van der Waals surface area contributed by atoms with Crippen molar-refractivity contribution in [3.63, 3.8) is 0 Å². The number of amides is 3. The van der Waals surface area contributed by atoms with Crippen molar-refractivity contribution in [3.8, 4) is 11.5 Å². The molecule has 0 bridgehead atoms. The maximum absolute atomic E-state index is 13.9. The molecule has 0 unspecified atom stereocenters. The van der Waals surface area contributed by atoms with Crippen LogP contribution in [0, 0.1) is 5.82 Å². The van der Waals surface area contributed by atoms with Crippen LogP contribution < -0.4 is 21.1 Å². The van der Waals surface area contributed by atoms with Gasteiger partial charge in [0.15, 0.2) is 0 Å². The van der Waals surface area contributed by atoms with Crippen LogP contribution in [0.4, 0.5) is 14.9 Å². The molecular formula is C23H20FN3O4S. The fourth-order valence-electron chi connectivity index (χ4n) is 2.95. The molecule has 3 rings (SSSR count). The molecule has 0 aliphatic rings. The Morgan fingerprint density at radius 1 is 1.03 bits per heavy atom. The number of halogens is 1. The Morgan fingerprint density at radius 3 is 2.47 bits per heavy atom. The molecule has 0 saturated carbocycles. The number of nitrogens with one attached hydrogen (secondary N) is 2. The minimum absolute atomic E-state index is 0.000992. The number of carbonyl (C=O) groups is 2. The third kappa shape index (κ3) is 5.79. The lowest BCUT2D eigenvalue weighted by atomic mass is 10.1. The van der Waals surface area contributed by atoms with Gasteiger partial charge in [-0.05, 0) is 35.9 Å². The van der Waals surface area contributed by atoms with Crippen molar-refractivity contribution in [3.05, 3.63) is 89.2 Å². The van der Waals surface area contributed by atoms with E-state index in [1.807, 2.05) is 12.1 Å². The Labute approximate surface area is 189 Å². The van der Waals surface area contributed by atoms with Crippen molar-refractivity contribution in [1.29, 1.82) is 0 Å². The number of primary amides is 1. The standard InChI is InChI=1S/C23H20FN3O4S/c24-18-7-3-2-6-16(18)21(29)26-19-8-4-1-5-14(19)11-12-31-15-9-10-17(20(28)13-15)22(32)27-23(25)30/h1-10,13,28H,11-12H2,(H,26,29)(H3,25,27,30,32). The molecule has 0 heterocycles. The second kappa shape index (κ2) is 10.4. The molecule has 0 spiro atoms. The summed E-state index contributed by atoms with van der Waals surface area (Å²) in [6, 6.07) is 16.5. The van der Waals surface area contributed by atoms with Crippen molar-refractivity contribution in [2.24, 2.45) is 5.73 Å². The van der Waals surface area contributed by atoms with Gasteiger partial charge in [-0.3, -0.25) is 10.1 Å². The van der Waals surface area contributed by atoms with E-state index >= 15 is 0 Å². The lowest BCUT2D eigenvalue weighted by molar-refractivity contribution is 0.102. The Bertz CT molecular complexity index is 1170. The maximum Gasteiger partial charge on any atom is 0.317 e. The van der Waals surface area contributed by atoms with Gasteiger partial charge < -0.3 is 20.9 Å². The Balaban J connectivity index is 1.63. The number of phenols is 1. The number of hydrogen-bond acceptors (Lipinski definition) is 5. The molecule has 7 nitrogen and oxygen atoms in total. The van der Waals surface area contributed by atoms with E-state index in [2.05, 4.69) is 10.6 Å². The zero-order valence-electron chi connectivity index (χ0n) is 16.8. The monoisotopic (exact) mass is 453 g/mol. The average Bonchev–Trinajstić information content (AvgIpc) is 2.74. The highest BCUT2D eigenvalue weighted by atomic mass is 32.1. The summed E-state index contributed by atoms with van der Waals surface area (Å²) < 4.78 is 19.6. The topological polar surface area (TPSA) is 114 Å². The van der Waals surface area contributed by atoms with Gasteiger partial charge in [-0.25, -0.2) is 9.18 Å². The highest BCUT2D eigenvalue weighted by Gasteiger charge is 2.13. The number of nitrogens with two attached hydrogens (primary N) is 1. The van der Waals surface area contributed by atoms with Crippen LogP contribution in [0.5, 0.6) is 11.5 Å². The van der Waals surface area contributed by atoms with E-state index in [9.17, 15) is 19.1 Å². The van der Waals surface area contributed by atoms with Crippen molar-refractivity contribution in [1.82, 2.24) is 5.32 Å². The summed E-state index contributed by atoms with van der Waals surface area (Å²) in [6.07, 6.45) is 0.442. The molecule has 0 aliphatic carbocycles. The normalized spacial score (nSPS) is 10.3. The zero-order valence-corrected chi connectivity index (χ0v) is 17.6. The van der Waals surface area contributed by atoms with Crippen molar-refractivity contribution >= 4 is 34.8 Å². The molecule has 0 aliphatic heterocycles. The van der Waals surface area contributed by atoms with Gasteiger partial charge >= 0.3 is 6.03 Å². The molecular weight excluding hydrogens is 433 g/mol. The van der Waals surface area contributed by atoms with Crippen molar-refractivity contribution < 1.29 is 23.8 Å². The molecule has 3 aromatic rings. The van der Waals surface area contributed by atoms with E-state index in [1.165, 1.54) is 30.3 Å². The third-order valence-corrected chi connectivity index (χ3v) is 4.80. The van der Waals surface area contributed by atoms with Crippen LogP contribution in [-0.4, -0.2) is 28.6 Å². The van der Waals surface area contributed by atoms with Crippen LogP contribution in [0.25, 0.3) is 0 Å². The van der Waals surface area contributed by atoms with E-state index in [0.717, 1.165) is 5.56 Å². The van der Waals surface area contributed by atoms with Crippen LogP contribution >= 0.6 is 12.2 Å². The quantitative estimate of drug-likeness (QED) is 0.407. The molecule has 5 N–H and O–H groups in total. The fraction of sp³-hybridized carbons (Fsp3) is 0.0870. The largest absolute Gasteiger partial charge is 0.507 e. The first kappa shape index (κ1) is 22.7. The van der Waals surface area contributed by atoms with E-state index < -0.39 is 17.8 Å². The second-order valence-electron chi connectivity index (χ2n) is 6.69. The number of rotatable bonds is 7. The number of urea groups is 1. The summed E-state index contributed by atoms with van der Waals surface area (Å²) in [7, 11) is 0. The van der Waals surface area contributed by atoms with E-state index in [4.69, 9.17) is 22.7 Å². The molecule has 0 fully saturated rings. The van der Waals surface area contributed by atoms with E-state index in [1.54, 1.807) is 24.3 Å². The van der Waals surface area contributed by atoms with Crippen LogP contribution in [0.15, 0.2) is 66.7 Å². The maximum atomic E-state index is 13.9. The van der Waals surface area contributed by atoms with Gasteiger partial charge in [0, 0.05) is 18.2 Å². The highest BCUT2D eigenvalue weighted by Crippen LogP contribution is 2.25. The number of thiocarbonyl (C=S) groups is 1. The summed E-state index contributed by atoms with van der Waals surface area (Å²) in [5, 5.41) is 15.1. The summed E-state index contributed by atoms with van der Waals surface area (Å²) in [4.78, 5) is 23.3. The minimum Gasteiger partial charge on any atom is -0.507 e. The first-order valence-corrected chi connectivity index (χ1v) is 9.96. The average molecular weight is 453 g/mol. The Morgan fingerprint density at radius 2 is 1.75 bits per heavy atom. The third-order valence-electron chi connectivity index (χ3n) is 4.47. The van der Waals surface area contributed by atoms with Crippen LogP contribution in [0.1, 0.15) is 21.5 Å². The number of hydrogen-bond donors (Lipinski definition) is 4. The highest BCUT2D eigenvalue weighted by molar-refractivity contribution is 7.80. The molecule has 0 atom stereocenters.